The van der Waals surface area contributed by atoms with Crippen LogP contribution >= 0.6 is 0 Å². The van der Waals surface area contributed by atoms with Crippen LogP contribution in [0.3, 0.4) is 0 Å². The monoisotopic (exact) mass is 250 g/mol. The predicted octanol–water partition coefficient (Wildman–Crippen LogP) is 1.82. The molecule has 100 valence electrons. The zero-order valence-corrected chi connectivity index (χ0v) is 11.8. The van der Waals surface area contributed by atoms with Gasteiger partial charge in [-0.3, -0.25) is 9.78 Å². The number of Topliss-reactive ketones (excluding diaryl/α,β-unsaturated/α-hetero) is 1. The van der Waals surface area contributed by atoms with Gasteiger partial charge in [-0.15, -0.1) is 0 Å². The summed E-state index contributed by atoms with van der Waals surface area (Å²) in [5.74, 6) is 0.967. The molecule has 0 radical (unpaired) electrons. The van der Waals surface area contributed by atoms with Crippen LogP contribution in [0.2, 0.25) is 0 Å². The highest BCUT2D eigenvalue weighted by Gasteiger charge is 2.12. The summed E-state index contributed by atoms with van der Waals surface area (Å²) in [6.45, 7) is 8.31. The van der Waals surface area contributed by atoms with Gasteiger partial charge in [-0.1, -0.05) is 13.8 Å². The van der Waals surface area contributed by atoms with Gasteiger partial charge in [0, 0.05) is 23.4 Å². The van der Waals surface area contributed by atoms with Gasteiger partial charge >= 0.3 is 0 Å². The maximum absolute atomic E-state index is 11.8. The molecular weight excluding hydrogens is 228 g/mol. The van der Waals surface area contributed by atoms with Crippen molar-refractivity contribution >= 4 is 5.78 Å². The molecule has 0 atom stereocenters. The number of methoxy groups -OCH3 is 1. The van der Waals surface area contributed by atoms with Crippen molar-refractivity contribution in [3.05, 3.63) is 23.0 Å². The Morgan fingerprint density at radius 1 is 1.44 bits per heavy atom. The number of carbonyl (C=O) groups is 1. The normalized spacial score (nSPS) is 10.8. The van der Waals surface area contributed by atoms with Gasteiger partial charge in [-0.2, -0.15) is 0 Å². The average Bonchev–Trinajstić information content (AvgIpc) is 2.31. The molecule has 1 rings (SSSR count). The molecule has 0 aliphatic heterocycles. The van der Waals surface area contributed by atoms with Crippen LogP contribution in [0.5, 0.6) is 5.75 Å². The number of hydrogen-bond acceptors (Lipinski definition) is 4. The highest BCUT2D eigenvalue weighted by molar-refractivity contribution is 5.82. The minimum Gasteiger partial charge on any atom is -0.496 e. The third kappa shape index (κ3) is 3.81. The Hall–Kier alpha value is -1.42. The summed E-state index contributed by atoms with van der Waals surface area (Å²) in [4.78, 5) is 16.1. The van der Waals surface area contributed by atoms with Crippen molar-refractivity contribution in [2.24, 2.45) is 0 Å². The number of nitrogens with one attached hydrogen (secondary N) is 1. The topological polar surface area (TPSA) is 51.2 Å². The van der Waals surface area contributed by atoms with Crippen molar-refractivity contribution in [3.63, 3.8) is 0 Å². The van der Waals surface area contributed by atoms with Crippen molar-refractivity contribution in [1.29, 1.82) is 0 Å². The molecule has 4 nitrogen and oxygen atoms in total. The zero-order chi connectivity index (χ0) is 13.7. The molecule has 0 aromatic carbocycles. The molecule has 0 fully saturated rings. The molecule has 1 aromatic heterocycles. The fraction of sp³-hybridized carbons (Fsp3) is 0.571. The van der Waals surface area contributed by atoms with E-state index in [1.165, 1.54) is 0 Å². The second-order valence-corrected chi connectivity index (χ2v) is 4.80. The Morgan fingerprint density at radius 2 is 2.11 bits per heavy atom. The van der Waals surface area contributed by atoms with Crippen molar-refractivity contribution in [2.75, 3.05) is 13.7 Å². The summed E-state index contributed by atoms with van der Waals surface area (Å²) in [6, 6.07) is 0.315. The summed E-state index contributed by atoms with van der Waals surface area (Å²) >= 11 is 0. The van der Waals surface area contributed by atoms with E-state index in [-0.39, 0.29) is 5.78 Å². The predicted molar refractivity (Wildman–Crippen MR) is 72.1 cm³/mol. The van der Waals surface area contributed by atoms with Crippen molar-refractivity contribution < 1.29 is 9.53 Å². The largest absolute Gasteiger partial charge is 0.496 e. The number of pyridine rings is 1. The SMILES string of the molecule is COc1c(C)cnc(CC(=O)CNC(C)C)c1C. The number of nitrogens with zero attached hydrogens (tertiary/aromatic N) is 1. The summed E-state index contributed by atoms with van der Waals surface area (Å²) < 4.78 is 5.33. The van der Waals surface area contributed by atoms with Gasteiger partial charge in [-0.25, -0.2) is 0 Å². The van der Waals surface area contributed by atoms with Gasteiger partial charge in [0.05, 0.1) is 25.8 Å². The van der Waals surface area contributed by atoms with Gasteiger partial charge < -0.3 is 10.1 Å². The molecule has 1 heterocycles. The lowest BCUT2D eigenvalue weighted by Gasteiger charge is -2.12. The van der Waals surface area contributed by atoms with E-state index in [0.717, 1.165) is 22.6 Å². The average molecular weight is 250 g/mol. The smallest absolute Gasteiger partial charge is 0.152 e. The van der Waals surface area contributed by atoms with Crippen molar-refractivity contribution in [3.8, 4) is 5.75 Å². The lowest BCUT2D eigenvalue weighted by molar-refractivity contribution is -0.117. The van der Waals surface area contributed by atoms with Crippen LogP contribution in [0.15, 0.2) is 6.20 Å². The number of hydrogen-bond donors (Lipinski definition) is 1. The molecule has 0 aliphatic rings. The lowest BCUT2D eigenvalue weighted by Crippen LogP contribution is -2.30. The van der Waals surface area contributed by atoms with Crippen LogP contribution in [-0.4, -0.2) is 30.5 Å². The first-order valence-electron chi connectivity index (χ1n) is 6.19. The zero-order valence-electron chi connectivity index (χ0n) is 11.8. The molecular formula is C14H22N2O2. The van der Waals surface area contributed by atoms with E-state index >= 15 is 0 Å². The molecule has 0 spiro atoms. The molecule has 0 aliphatic carbocycles. The van der Waals surface area contributed by atoms with Gasteiger partial charge in [0.25, 0.3) is 0 Å². The highest BCUT2D eigenvalue weighted by atomic mass is 16.5. The molecule has 4 heteroatoms. The minimum absolute atomic E-state index is 0.144. The first-order chi connectivity index (χ1) is 8.45. The van der Waals surface area contributed by atoms with Crippen LogP contribution in [0.4, 0.5) is 0 Å². The van der Waals surface area contributed by atoms with E-state index < -0.39 is 0 Å². The second-order valence-electron chi connectivity index (χ2n) is 4.80. The third-order valence-electron chi connectivity index (χ3n) is 2.82. The number of rotatable bonds is 6. The van der Waals surface area contributed by atoms with Crippen molar-refractivity contribution in [2.45, 2.75) is 40.2 Å². The molecule has 0 saturated carbocycles. The quantitative estimate of drug-likeness (QED) is 0.836. The van der Waals surface area contributed by atoms with E-state index in [0.29, 0.717) is 19.0 Å². The Morgan fingerprint density at radius 3 is 2.67 bits per heavy atom. The molecule has 1 N–H and O–H groups in total. The number of ether oxygens (including phenoxy) is 1. The van der Waals surface area contributed by atoms with E-state index in [4.69, 9.17) is 4.74 Å². The van der Waals surface area contributed by atoms with E-state index in [9.17, 15) is 4.79 Å². The first kappa shape index (κ1) is 14.6. The standard InChI is InChI=1S/C14H22N2O2/c1-9(2)15-8-12(17)6-13-11(4)14(18-5)10(3)7-16-13/h7,9,15H,6,8H2,1-5H3. The summed E-state index contributed by atoms with van der Waals surface area (Å²) in [5.41, 5.74) is 2.75. The van der Waals surface area contributed by atoms with Crippen LogP contribution in [-0.2, 0) is 11.2 Å². The van der Waals surface area contributed by atoms with Crippen LogP contribution in [0, 0.1) is 13.8 Å². The fourth-order valence-electron chi connectivity index (χ4n) is 1.82. The van der Waals surface area contributed by atoms with Crippen LogP contribution in [0.25, 0.3) is 0 Å². The van der Waals surface area contributed by atoms with Gasteiger partial charge in [0.15, 0.2) is 5.78 Å². The second kappa shape index (κ2) is 6.50. The minimum atomic E-state index is 0.144. The Bertz CT molecular complexity index is 428. The Balaban J connectivity index is 2.76. The van der Waals surface area contributed by atoms with Gasteiger partial charge in [-0.05, 0) is 13.8 Å². The molecule has 18 heavy (non-hydrogen) atoms. The number of aryl methyl sites for hydroxylation is 1. The maximum Gasteiger partial charge on any atom is 0.152 e. The third-order valence-corrected chi connectivity index (χ3v) is 2.82. The number of aromatic nitrogens is 1. The van der Waals surface area contributed by atoms with E-state index in [2.05, 4.69) is 10.3 Å². The summed E-state index contributed by atoms with van der Waals surface area (Å²) in [5, 5.41) is 3.12. The van der Waals surface area contributed by atoms with Crippen molar-refractivity contribution in [1.82, 2.24) is 10.3 Å². The molecule has 0 amide bonds. The molecule has 0 unspecified atom stereocenters. The molecule has 1 aromatic rings. The Kier molecular flexibility index (Phi) is 5.28. The van der Waals surface area contributed by atoms with Crippen LogP contribution in [0.1, 0.15) is 30.7 Å². The van der Waals surface area contributed by atoms with E-state index in [1.807, 2.05) is 27.7 Å². The maximum atomic E-state index is 11.8. The van der Waals surface area contributed by atoms with E-state index in [1.54, 1.807) is 13.3 Å². The molecule has 0 bridgehead atoms. The Labute approximate surface area is 109 Å². The van der Waals surface area contributed by atoms with Gasteiger partial charge in [0.1, 0.15) is 5.75 Å². The summed E-state index contributed by atoms with van der Waals surface area (Å²) in [6.07, 6.45) is 2.10. The number of carbonyl (C=O) groups excluding carboxylic acids is 1. The molecule has 0 saturated heterocycles. The lowest BCUT2D eigenvalue weighted by atomic mass is 10.1. The highest BCUT2D eigenvalue weighted by Crippen LogP contribution is 2.24. The first-order valence-corrected chi connectivity index (χ1v) is 6.19. The number of ketones is 1. The van der Waals surface area contributed by atoms with Gasteiger partial charge in [0.2, 0.25) is 0 Å². The summed E-state index contributed by atoms with van der Waals surface area (Å²) in [7, 11) is 1.64. The van der Waals surface area contributed by atoms with Crippen LogP contribution < -0.4 is 10.1 Å². The fourth-order valence-corrected chi connectivity index (χ4v) is 1.82.